The largest absolute Gasteiger partial charge is 0.508 e. The number of hydrogen-bond acceptors (Lipinski definition) is 3. The van der Waals surface area contributed by atoms with Gasteiger partial charge >= 0.3 is 0 Å². The second-order valence-electron chi connectivity index (χ2n) is 3.56. The molecule has 0 radical (unpaired) electrons. The van der Waals surface area contributed by atoms with Gasteiger partial charge in [0.25, 0.3) is 0 Å². The maximum atomic E-state index is 9.33. The van der Waals surface area contributed by atoms with Crippen LogP contribution in [0.2, 0.25) is 0 Å². The van der Waals surface area contributed by atoms with Crippen molar-refractivity contribution in [1.29, 1.82) is 0 Å². The molecule has 5 heteroatoms. The number of hydrogen-bond donors (Lipinski definition) is 3. The van der Waals surface area contributed by atoms with Crippen LogP contribution in [0.3, 0.4) is 0 Å². The summed E-state index contributed by atoms with van der Waals surface area (Å²) < 4.78 is 0. The Bertz CT molecular complexity index is 600. The molecule has 0 fully saturated rings. The Morgan fingerprint density at radius 2 is 1.76 bits per heavy atom. The Labute approximate surface area is 98.1 Å². The molecule has 0 saturated carbocycles. The molecule has 0 aromatic heterocycles. The summed E-state index contributed by atoms with van der Waals surface area (Å²) >= 11 is 0. The first kappa shape index (κ1) is 10.9. The first-order valence-electron chi connectivity index (χ1n) is 5.00. The lowest BCUT2D eigenvalue weighted by Crippen LogP contribution is -2.21. The van der Waals surface area contributed by atoms with Crippen LogP contribution in [0.1, 0.15) is 5.56 Å². The molecular weight excluding hydrogens is 216 g/mol. The fourth-order valence-electron chi connectivity index (χ4n) is 1.49. The van der Waals surface area contributed by atoms with Gasteiger partial charge in [-0.15, -0.1) is 5.10 Å². The third-order valence-corrected chi connectivity index (χ3v) is 2.23. The van der Waals surface area contributed by atoms with Gasteiger partial charge < -0.3 is 16.6 Å². The van der Waals surface area contributed by atoms with Crippen LogP contribution >= 0.6 is 0 Å². The average molecular weight is 228 g/mol. The first-order valence-corrected chi connectivity index (χ1v) is 5.00. The Kier molecular flexibility index (Phi) is 2.91. The minimum Gasteiger partial charge on any atom is -0.508 e. The Morgan fingerprint density at radius 3 is 2.53 bits per heavy atom. The zero-order chi connectivity index (χ0) is 12.3. The predicted octanol–water partition coefficient (Wildman–Crippen LogP) is 1.15. The van der Waals surface area contributed by atoms with E-state index >= 15 is 0 Å². The normalized spacial score (nSPS) is 10.8. The van der Waals surface area contributed by atoms with Crippen LogP contribution in [0.4, 0.5) is 0 Å². The van der Waals surface area contributed by atoms with Crippen molar-refractivity contribution in [2.75, 3.05) is 0 Å². The molecule has 0 atom stereocenters. The van der Waals surface area contributed by atoms with E-state index in [0.29, 0.717) is 0 Å². The number of phenols is 1. The summed E-state index contributed by atoms with van der Waals surface area (Å²) in [7, 11) is 0. The lowest BCUT2D eigenvalue weighted by atomic mass is 10.1. The van der Waals surface area contributed by atoms with Crippen LogP contribution in [-0.4, -0.2) is 17.3 Å². The van der Waals surface area contributed by atoms with Gasteiger partial charge in [0.15, 0.2) is 0 Å². The van der Waals surface area contributed by atoms with Crippen molar-refractivity contribution in [2.45, 2.75) is 0 Å². The van der Waals surface area contributed by atoms with Crippen LogP contribution in [0.5, 0.6) is 5.75 Å². The van der Waals surface area contributed by atoms with Crippen LogP contribution in [-0.2, 0) is 0 Å². The van der Waals surface area contributed by atoms with Crippen molar-refractivity contribution >= 4 is 22.9 Å². The van der Waals surface area contributed by atoms with E-state index in [1.54, 1.807) is 18.3 Å². The van der Waals surface area contributed by atoms with Gasteiger partial charge in [0.1, 0.15) is 5.75 Å². The van der Waals surface area contributed by atoms with Gasteiger partial charge in [-0.1, -0.05) is 18.2 Å². The average Bonchev–Trinajstić information content (AvgIpc) is 2.29. The number of benzene rings is 2. The van der Waals surface area contributed by atoms with Crippen molar-refractivity contribution in [3.05, 3.63) is 42.0 Å². The molecule has 2 aromatic rings. The zero-order valence-electron chi connectivity index (χ0n) is 9.04. The van der Waals surface area contributed by atoms with Gasteiger partial charge in [-0.25, -0.2) is 0 Å². The molecular formula is C12H12N4O. The SMILES string of the molecule is NC(N)=NN=Cc1ccc2cc(O)ccc2c1. The summed E-state index contributed by atoms with van der Waals surface area (Å²) in [5, 5.41) is 18.5. The molecule has 5 nitrogen and oxygen atoms in total. The molecule has 0 unspecified atom stereocenters. The number of fused-ring (bicyclic) bond motifs is 1. The Hall–Kier alpha value is -2.56. The van der Waals surface area contributed by atoms with Crippen LogP contribution in [0, 0.1) is 0 Å². The van der Waals surface area contributed by atoms with Gasteiger partial charge in [0.2, 0.25) is 5.96 Å². The van der Waals surface area contributed by atoms with E-state index in [1.165, 1.54) is 0 Å². The van der Waals surface area contributed by atoms with Gasteiger partial charge in [-0.05, 0) is 34.5 Å². The number of nitrogens with zero attached hydrogens (tertiary/aromatic N) is 2. The standard InChI is InChI=1S/C12H12N4O/c13-12(14)16-15-7-8-1-2-10-6-11(17)4-3-9(10)5-8/h1-7,17H,(H4,13,14,16). The van der Waals surface area contributed by atoms with E-state index in [-0.39, 0.29) is 11.7 Å². The van der Waals surface area contributed by atoms with Gasteiger partial charge in [-0.2, -0.15) is 5.10 Å². The van der Waals surface area contributed by atoms with Crippen LogP contribution in [0.25, 0.3) is 10.8 Å². The molecule has 0 aliphatic carbocycles. The third kappa shape index (κ3) is 2.72. The van der Waals surface area contributed by atoms with Crippen molar-refractivity contribution in [1.82, 2.24) is 0 Å². The molecule has 86 valence electrons. The fourth-order valence-corrected chi connectivity index (χ4v) is 1.49. The lowest BCUT2D eigenvalue weighted by Gasteiger charge is -1.99. The maximum absolute atomic E-state index is 9.33. The molecule has 2 rings (SSSR count). The second-order valence-corrected chi connectivity index (χ2v) is 3.56. The molecule has 0 amide bonds. The van der Waals surface area contributed by atoms with Gasteiger partial charge in [0, 0.05) is 0 Å². The highest BCUT2D eigenvalue weighted by molar-refractivity contribution is 5.91. The van der Waals surface area contributed by atoms with E-state index in [2.05, 4.69) is 10.2 Å². The zero-order valence-corrected chi connectivity index (χ0v) is 9.04. The van der Waals surface area contributed by atoms with Crippen molar-refractivity contribution in [3.8, 4) is 5.75 Å². The summed E-state index contributed by atoms with van der Waals surface area (Å²) in [6.45, 7) is 0. The Morgan fingerprint density at radius 1 is 1.06 bits per heavy atom. The number of aromatic hydroxyl groups is 1. The van der Waals surface area contributed by atoms with E-state index < -0.39 is 0 Å². The predicted molar refractivity (Wildman–Crippen MR) is 69.0 cm³/mol. The summed E-state index contributed by atoms with van der Waals surface area (Å²) in [6, 6.07) is 10.9. The van der Waals surface area contributed by atoms with Crippen molar-refractivity contribution in [2.24, 2.45) is 21.7 Å². The smallest absolute Gasteiger partial charge is 0.211 e. The molecule has 0 aliphatic heterocycles. The third-order valence-electron chi connectivity index (χ3n) is 2.23. The summed E-state index contributed by atoms with van der Waals surface area (Å²) in [5.74, 6) is 0.173. The quantitative estimate of drug-likeness (QED) is 0.408. The molecule has 0 saturated heterocycles. The highest BCUT2D eigenvalue weighted by Gasteiger charge is 1.96. The van der Waals surface area contributed by atoms with Crippen LogP contribution in [0.15, 0.2) is 46.6 Å². The fraction of sp³-hybridized carbons (Fsp3) is 0. The monoisotopic (exact) mass is 228 g/mol. The highest BCUT2D eigenvalue weighted by Crippen LogP contribution is 2.20. The number of guanidine groups is 1. The lowest BCUT2D eigenvalue weighted by molar-refractivity contribution is 0.476. The Balaban J connectivity index is 2.35. The molecule has 0 heterocycles. The van der Waals surface area contributed by atoms with Gasteiger partial charge in [0.05, 0.1) is 6.21 Å². The summed E-state index contributed by atoms with van der Waals surface area (Å²) in [4.78, 5) is 0. The maximum Gasteiger partial charge on any atom is 0.211 e. The number of nitrogens with two attached hydrogens (primary N) is 2. The van der Waals surface area contributed by atoms with E-state index in [9.17, 15) is 5.11 Å². The first-order chi connectivity index (χ1) is 8.15. The molecule has 5 N–H and O–H groups in total. The molecule has 17 heavy (non-hydrogen) atoms. The number of rotatable bonds is 2. The number of phenolic OH excluding ortho intramolecular Hbond substituents is 1. The van der Waals surface area contributed by atoms with E-state index in [0.717, 1.165) is 16.3 Å². The highest BCUT2D eigenvalue weighted by atomic mass is 16.3. The summed E-state index contributed by atoms with van der Waals surface area (Å²) in [5.41, 5.74) is 11.2. The van der Waals surface area contributed by atoms with Crippen molar-refractivity contribution < 1.29 is 5.11 Å². The topological polar surface area (TPSA) is 97.0 Å². The minimum absolute atomic E-state index is 0.0769. The van der Waals surface area contributed by atoms with E-state index in [4.69, 9.17) is 11.5 Å². The molecule has 0 bridgehead atoms. The molecule has 0 aliphatic rings. The van der Waals surface area contributed by atoms with E-state index in [1.807, 2.05) is 24.3 Å². The minimum atomic E-state index is -0.0769. The van der Waals surface area contributed by atoms with Crippen LogP contribution < -0.4 is 11.5 Å². The summed E-state index contributed by atoms with van der Waals surface area (Å²) in [6.07, 6.45) is 1.56. The van der Waals surface area contributed by atoms with Gasteiger partial charge in [-0.3, -0.25) is 0 Å². The molecule has 2 aromatic carbocycles. The second kappa shape index (κ2) is 4.52. The van der Waals surface area contributed by atoms with Crippen molar-refractivity contribution in [3.63, 3.8) is 0 Å². The molecule has 0 spiro atoms.